The summed E-state index contributed by atoms with van der Waals surface area (Å²) >= 11 is 0. The maximum atomic E-state index is 11.5. The third kappa shape index (κ3) is 3.68. The molecule has 1 heterocycles. The lowest BCUT2D eigenvalue weighted by molar-refractivity contribution is 0.199. The van der Waals surface area contributed by atoms with E-state index in [0.717, 1.165) is 31.6 Å². The molecule has 0 aliphatic carbocycles. The molecule has 1 aromatic rings. The van der Waals surface area contributed by atoms with Crippen molar-refractivity contribution in [3.05, 3.63) is 18.2 Å². The first-order valence-electron chi connectivity index (χ1n) is 7.26. The van der Waals surface area contributed by atoms with Crippen LogP contribution in [0.2, 0.25) is 0 Å². The number of anilines is 2. The van der Waals surface area contributed by atoms with Gasteiger partial charge in [0.1, 0.15) is 0 Å². The van der Waals surface area contributed by atoms with Crippen LogP contribution >= 0.6 is 0 Å². The quantitative estimate of drug-likeness (QED) is 0.819. The molecule has 6 heteroatoms. The van der Waals surface area contributed by atoms with E-state index in [0.29, 0.717) is 17.0 Å². The average Bonchev–Trinajstić information content (AvgIpc) is 2.37. The Labute approximate surface area is 127 Å². The Kier molecular flexibility index (Phi) is 4.22. The van der Waals surface area contributed by atoms with Gasteiger partial charge in [-0.3, -0.25) is 0 Å². The van der Waals surface area contributed by atoms with E-state index in [4.69, 9.17) is 10.9 Å². The smallest absolute Gasteiger partial charge is 0.238 e. The highest BCUT2D eigenvalue weighted by Gasteiger charge is 2.29. The predicted octanol–water partition coefficient (Wildman–Crippen LogP) is 2.18. The molecule has 118 valence electrons. The van der Waals surface area contributed by atoms with Crippen LogP contribution in [0.3, 0.4) is 0 Å². The minimum Gasteiger partial charge on any atom is -0.397 e. The number of rotatable bonds is 2. The van der Waals surface area contributed by atoms with E-state index in [1.165, 1.54) is 6.07 Å². The molecule has 0 bridgehead atoms. The van der Waals surface area contributed by atoms with Gasteiger partial charge < -0.3 is 10.6 Å². The third-order valence-electron chi connectivity index (χ3n) is 4.39. The second-order valence-electron chi connectivity index (χ2n) is 6.89. The monoisotopic (exact) mass is 311 g/mol. The topological polar surface area (TPSA) is 89.4 Å². The van der Waals surface area contributed by atoms with Gasteiger partial charge in [-0.1, -0.05) is 20.8 Å². The summed E-state index contributed by atoms with van der Waals surface area (Å²) in [6.45, 7) is 8.58. The van der Waals surface area contributed by atoms with Gasteiger partial charge in [0, 0.05) is 13.1 Å². The van der Waals surface area contributed by atoms with Gasteiger partial charge in [-0.05, 0) is 42.4 Å². The molecule has 2 rings (SSSR count). The second kappa shape index (κ2) is 5.50. The Bertz CT molecular complexity index is 612. The maximum Gasteiger partial charge on any atom is 0.238 e. The minimum absolute atomic E-state index is 0.115. The van der Waals surface area contributed by atoms with E-state index in [1.54, 1.807) is 12.1 Å². The van der Waals surface area contributed by atoms with E-state index in [2.05, 4.69) is 25.7 Å². The van der Waals surface area contributed by atoms with Gasteiger partial charge in [-0.2, -0.15) is 0 Å². The molecule has 0 unspecified atom stereocenters. The number of hydrogen-bond acceptors (Lipinski definition) is 4. The molecule has 21 heavy (non-hydrogen) atoms. The van der Waals surface area contributed by atoms with E-state index < -0.39 is 10.0 Å². The summed E-state index contributed by atoms with van der Waals surface area (Å²) in [5.41, 5.74) is 7.68. The van der Waals surface area contributed by atoms with Crippen molar-refractivity contribution in [3.63, 3.8) is 0 Å². The summed E-state index contributed by atoms with van der Waals surface area (Å²) < 4.78 is 23.0. The molecular formula is C15H25N3O2S. The van der Waals surface area contributed by atoms with E-state index in [1.807, 2.05) is 0 Å². The first-order chi connectivity index (χ1) is 9.59. The fraction of sp³-hybridized carbons (Fsp3) is 0.600. The van der Waals surface area contributed by atoms with Crippen molar-refractivity contribution >= 4 is 21.4 Å². The Hall–Kier alpha value is -1.27. The van der Waals surface area contributed by atoms with Crippen LogP contribution in [0, 0.1) is 11.3 Å². The molecule has 0 saturated carbocycles. The first-order valence-corrected chi connectivity index (χ1v) is 8.81. The van der Waals surface area contributed by atoms with Crippen LogP contribution in [0.25, 0.3) is 0 Å². The van der Waals surface area contributed by atoms with Crippen LogP contribution in [-0.2, 0) is 10.0 Å². The summed E-state index contributed by atoms with van der Waals surface area (Å²) in [5.74, 6) is 0.677. The van der Waals surface area contributed by atoms with Crippen molar-refractivity contribution < 1.29 is 8.42 Å². The SMILES string of the molecule is CC(C)(C)C1CCN(c2cc(S(N)(=O)=O)ccc2N)CC1. The molecule has 0 radical (unpaired) electrons. The fourth-order valence-electron chi connectivity index (χ4n) is 2.96. The van der Waals surface area contributed by atoms with Crippen molar-refractivity contribution in [2.24, 2.45) is 16.5 Å². The van der Waals surface area contributed by atoms with Gasteiger partial charge in [-0.15, -0.1) is 0 Å². The van der Waals surface area contributed by atoms with Crippen LogP contribution in [0.15, 0.2) is 23.1 Å². The number of nitrogen functional groups attached to an aromatic ring is 1. The zero-order valence-corrected chi connectivity index (χ0v) is 13.8. The summed E-state index contributed by atoms with van der Waals surface area (Å²) in [7, 11) is -3.70. The molecule has 1 aromatic carbocycles. The number of nitrogens with zero attached hydrogens (tertiary/aromatic N) is 1. The van der Waals surface area contributed by atoms with E-state index >= 15 is 0 Å². The minimum atomic E-state index is -3.70. The number of hydrogen-bond donors (Lipinski definition) is 2. The highest BCUT2D eigenvalue weighted by atomic mass is 32.2. The molecular weight excluding hydrogens is 286 g/mol. The second-order valence-corrected chi connectivity index (χ2v) is 8.45. The number of benzene rings is 1. The van der Waals surface area contributed by atoms with Crippen molar-refractivity contribution in [3.8, 4) is 0 Å². The largest absolute Gasteiger partial charge is 0.397 e. The molecule has 0 atom stereocenters. The number of piperidine rings is 1. The van der Waals surface area contributed by atoms with Crippen molar-refractivity contribution in [2.45, 2.75) is 38.5 Å². The van der Waals surface area contributed by atoms with Gasteiger partial charge in [0.05, 0.1) is 16.3 Å². The van der Waals surface area contributed by atoms with Gasteiger partial charge >= 0.3 is 0 Å². The molecule has 0 spiro atoms. The number of primary sulfonamides is 1. The molecule has 4 N–H and O–H groups in total. The normalized spacial score (nSPS) is 18.0. The van der Waals surface area contributed by atoms with Gasteiger partial charge in [-0.25, -0.2) is 13.6 Å². The van der Waals surface area contributed by atoms with Crippen LogP contribution in [0.4, 0.5) is 11.4 Å². The van der Waals surface area contributed by atoms with Crippen molar-refractivity contribution in [1.82, 2.24) is 0 Å². The molecule has 0 aromatic heterocycles. The lowest BCUT2D eigenvalue weighted by Gasteiger charge is -2.40. The Morgan fingerprint density at radius 3 is 2.24 bits per heavy atom. The maximum absolute atomic E-state index is 11.5. The lowest BCUT2D eigenvalue weighted by Crippen LogP contribution is -2.38. The van der Waals surface area contributed by atoms with Crippen molar-refractivity contribution in [1.29, 1.82) is 0 Å². The molecule has 0 amide bonds. The van der Waals surface area contributed by atoms with Gasteiger partial charge in [0.2, 0.25) is 10.0 Å². The Morgan fingerprint density at radius 2 is 1.76 bits per heavy atom. The molecule has 1 aliphatic heterocycles. The van der Waals surface area contributed by atoms with E-state index in [-0.39, 0.29) is 4.90 Å². The molecule has 5 nitrogen and oxygen atoms in total. The lowest BCUT2D eigenvalue weighted by atomic mass is 9.75. The zero-order chi connectivity index (χ0) is 15.8. The predicted molar refractivity (Wildman–Crippen MR) is 86.6 cm³/mol. The number of nitrogens with two attached hydrogens (primary N) is 2. The summed E-state index contributed by atoms with van der Waals surface area (Å²) in [6.07, 6.45) is 2.17. The standard InChI is InChI=1S/C15H25N3O2S/c1-15(2,3)11-6-8-18(9-7-11)14-10-12(21(17,19)20)4-5-13(14)16/h4-5,10-11H,6-9,16H2,1-3H3,(H2,17,19,20). The van der Waals surface area contributed by atoms with Gasteiger partial charge in [0.15, 0.2) is 0 Å². The molecule has 1 aliphatic rings. The van der Waals surface area contributed by atoms with E-state index in [9.17, 15) is 8.42 Å². The highest BCUT2D eigenvalue weighted by Crippen LogP contribution is 2.37. The summed E-state index contributed by atoms with van der Waals surface area (Å²) in [5, 5.41) is 5.20. The van der Waals surface area contributed by atoms with Crippen molar-refractivity contribution in [2.75, 3.05) is 23.7 Å². The highest BCUT2D eigenvalue weighted by molar-refractivity contribution is 7.89. The number of sulfonamides is 1. The molecule has 1 saturated heterocycles. The van der Waals surface area contributed by atoms with Crippen LogP contribution in [0.1, 0.15) is 33.6 Å². The molecule has 1 fully saturated rings. The van der Waals surface area contributed by atoms with Crippen LogP contribution in [-0.4, -0.2) is 21.5 Å². The fourth-order valence-corrected chi connectivity index (χ4v) is 3.49. The average molecular weight is 311 g/mol. The van der Waals surface area contributed by atoms with Gasteiger partial charge in [0.25, 0.3) is 0 Å². The first kappa shape index (κ1) is 16.1. The van der Waals surface area contributed by atoms with Crippen LogP contribution in [0.5, 0.6) is 0 Å². The third-order valence-corrected chi connectivity index (χ3v) is 5.30. The Balaban J connectivity index is 2.21. The summed E-state index contributed by atoms with van der Waals surface area (Å²) in [4.78, 5) is 2.27. The summed E-state index contributed by atoms with van der Waals surface area (Å²) in [6, 6.07) is 4.66. The van der Waals surface area contributed by atoms with Crippen LogP contribution < -0.4 is 15.8 Å². The Morgan fingerprint density at radius 1 is 1.19 bits per heavy atom. The zero-order valence-electron chi connectivity index (χ0n) is 13.0.